The van der Waals surface area contributed by atoms with Crippen LogP contribution in [-0.2, 0) is 4.74 Å². The average molecular weight is 179 g/mol. The molecule has 1 heterocycles. The van der Waals surface area contributed by atoms with Crippen molar-refractivity contribution in [1.29, 1.82) is 0 Å². The van der Waals surface area contributed by atoms with Gasteiger partial charge < -0.3 is 10.5 Å². The molecule has 72 valence electrons. The Morgan fingerprint density at radius 1 is 1.46 bits per heavy atom. The smallest absolute Gasteiger partial charge is 0.0553 e. The van der Waals surface area contributed by atoms with Crippen LogP contribution in [0.5, 0.6) is 0 Å². The minimum absolute atomic E-state index is 0.768. The second-order valence-electron chi connectivity index (χ2n) is 4.75. The van der Waals surface area contributed by atoms with Crippen LogP contribution in [0.2, 0.25) is 0 Å². The van der Waals surface area contributed by atoms with Crippen LogP contribution < -0.4 is 5.73 Å². The average Bonchev–Trinajstić information content (AvgIpc) is 2.29. The van der Waals surface area contributed by atoms with Crippen molar-refractivity contribution in [3.05, 3.63) is 11.6 Å². The Bertz CT molecular complexity index is 244. The zero-order chi connectivity index (χ0) is 8.84. The molecule has 3 unspecified atom stereocenters. The highest BCUT2D eigenvalue weighted by atomic mass is 16.5. The summed E-state index contributed by atoms with van der Waals surface area (Å²) in [6.07, 6.45) is 5.23. The molecule has 3 atom stereocenters. The first kappa shape index (κ1) is 8.01. The van der Waals surface area contributed by atoms with E-state index in [0.29, 0.717) is 0 Å². The molecule has 2 nitrogen and oxygen atoms in total. The highest BCUT2D eigenvalue weighted by Crippen LogP contribution is 2.51. The molecule has 0 bridgehead atoms. The Kier molecular flexibility index (Phi) is 1.74. The second kappa shape index (κ2) is 2.82. The zero-order valence-electron chi connectivity index (χ0n) is 7.91. The monoisotopic (exact) mass is 179 g/mol. The Morgan fingerprint density at radius 2 is 2.31 bits per heavy atom. The summed E-state index contributed by atoms with van der Waals surface area (Å²) in [5, 5.41) is 0. The molecule has 13 heavy (non-hydrogen) atoms. The second-order valence-corrected chi connectivity index (χ2v) is 4.75. The standard InChI is InChI=1S/C11H17NO/c12-4-9-2-8-1-7(3-11(8)9)10-5-13-6-10/h3,8-11H,1-2,4-6,12H2. The van der Waals surface area contributed by atoms with E-state index in [9.17, 15) is 0 Å². The molecule has 0 spiro atoms. The maximum Gasteiger partial charge on any atom is 0.0553 e. The summed E-state index contributed by atoms with van der Waals surface area (Å²) in [4.78, 5) is 0. The molecule has 0 aromatic heterocycles. The van der Waals surface area contributed by atoms with E-state index < -0.39 is 0 Å². The van der Waals surface area contributed by atoms with E-state index in [1.165, 1.54) is 12.8 Å². The first-order valence-electron chi connectivity index (χ1n) is 5.37. The van der Waals surface area contributed by atoms with E-state index in [1.54, 1.807) is 5.57 Å². The topological polar surface area (TPSA) is 35.2 Å². The van der Waals surface area contributed by atoms with Gasteiger partial charge in [-0.3, -0.25) is 0 Å². The molecular weight excluding hydrogens is 162 g/mol. The fourth-order valence-electron chi connectivity index (χ4n) is 3.01. The minimum atomic E-state index is 0.768. The molecule has 3 rings (SSSR count). The van der Waals surface area contributed by atoms with Crippen molar-refractivity contribution >= 4 is 0 Å². The number of hydrogen-bond donors (Lipinski definition) is 1. The molecule has 0 aromatic carbocycles. The first-order chi connectivity index (χ1) is 6.38. The van der Waals surface area contributed by atoms with E-state index in [-0.39, 0.29) is 0 Å². The highest BCUT2D eigenvalue weighted by molar-refractivity contribution is 5.23. The zero-order valence-corrected chi connectivity index (χ0v) is 7.91. The lowest BCUT2D eigenvalue weighted by Crippen LogP contribution is -2.37. The number of rotatable bonds is 2. The lowest BCUT2D eigenvalue weighted by Gasteiger charge is -2.39. The van der Waals surface area contributed by atoms with Crippen molar-refractivity contribution in [2.45, 2.75) is 12.8 Å². The number of allylic oxidation sites excluding steroid dienone is 1. The number of nitrogens with two attached hydrogens (primary N) is 1. The summed E-state index contributed by atoms with van der Waals surface area (Å²) in [5.74, 6) is 3.34. The van der Waals surface area contributed by atoms with Crippen LogP contribution in [0.1, 0.15) is 12.8 Å². The van der Waals surface area contributed by atoms with Gasteiger partial charge in [0.1, 0.15) is 0 Å². The van der Waals surface area contributed by atoms with Gasteiger partial charge >= 0.3 is 0 Å². The first-order valence-corrected chi connectivity index (χ1v) is 5.37. The van der Waals surface area contributed by atoms with Gasteiger partial charge in [0, 0.05) is 5.92 Å². The van der Waals surface area contributed by atoms with E-state index >= 15 is 0 Å². The van der Waals surface area contributed by atoms with Crippen LogP contribution in [0, 0.1) is 23.7 Å². The van der Waals surface area contributed by atoms with Crippen molar-refractivity contribution in [1.82, 2.24) is 0 Å². The lowest BCUT2D eigenvalue weighted by atomic mass is 9.66. The molecule has 0 aromatic rings. The minimum Gasteiger partial charge on any atom is -0.380 e. The van der Waals surface area contributed by atoms with E-state index in [4.69, 9.17) is 10.5 Å². The fourth-order valence-corrected chi connectivity index (χ4v) is 3.01. The van der Waals surface area contributed by atoms with Gasteiger partial charge in [-0.25, -0.2) is 0 Å². The molecule has 1 aliphatic heterocycles. The van der Waals surface area contributed by atoms with Gasteiger partial charge in [0.05, 0.1) is 13.2 Å². The molecule has 0 radical (unpaired) electrons. The Hall–Kier alpha value is -0.340. The Labute approximate surface area is 79.1 Å². The lowest BCUT2D eigenvalue weighted by molar-refractivity contribution is -0.0150. The third-order valence-corrected chi connectivity index (χ3v) is 4.06. The van der Waals surface area contributed by atoms with Gasteiger partial charge in [0.15, 0.2) is 0 Å². The van der Waals surface area contributed by atoms with Crippen LogP contribution in [0.4, 0.5) is 0 Å². The molecule has 1 saturated carbocycles. The van der Waals surface area contributed by atoms with Gasteiger partial charge in [-0.05, 0) is 37.1 Å². The van der Waals surface area contributed by atoms with E-state index in [0.717, 1.165) is 43.4 Å². The molecule has 3 aliphatic rings. The van der Waals surface area contributed by atoms with Crippen molar-refractivity contribution < 1.29 is 4.74 Å². The quantitative estimate of drug-likeness (QED) is 0.646. The summed E-state index contributed by atoms with van der Waals surface area (Å²) in [7, 11) is 0. The molecular formula is C11H17NO. The van der Waals surface area contributed by atoms with Crippen LogP contribution in [0.25, 0.3) is 0 Å². The number of fused-ring (bicyclic) bond motifs is 1. The summed E-state index contributed by atoms with van der Waals surface area (Å²) >= 11 is 0. The predicted octanol–water partition coefficient (Wildman–Crippen LogP) is 1.17. The normalized spacial score (nSPS) is 43.5. The Morgan fingerprint density at radius 3 is 2.92 bits per heavy atom. The van der Waals surface area contributed by atoms with Crippen molar-refractivity contribution in [3.8, 4) is 0 Å². The summed E-state index contributed by atoms with van der Waals surface area (Å²) in [5.41, 5.74) is 7.38. The van der Waals surface area contributed by atoms with Gasteiger partial charge in [0.2, 0.25) is 0 Å². The fraction of sp³-hybridized carbons (Fsp3) is 0.818. The maximum absolute atomic E-state index is 5.70. The van der Waals surface area contributed by atoms with Crippen molar-refractivity contribution in [3.63, 3.8) is 0 Å². The number of hydrogen-bond acceptors (Lipinski definition) is 2. The Balaban J connectivity index is 1.68. The molecule has 0 amide bonds. The number of ether oxygens (including phenoxy) is 1. The van der Waals surface area contributed by atoms with Gasteiger partial charge in [-0.15, -0.1) is 0 Å². The van der Waals surface area contributed by atoms with Gasteiger partial charge in [-0.1, -0.05) is 11.6 Å². The maximum atomic E-state index is 5.70. The molecule has 2 heteroatoms. The van der Waals surface area contributed by atoms with Crippen LogP contribution in [0.15, 0.2) is 11.6 Å². The van der Waals surface area contributed by atoms with Gasteiger partial charge in [0.25, 0.3) is 0 Å². The predicted molar refractivity (Wildman–Crippen MR) is 51.2 cm³/mol. The summed E-state index contributed by atoms with van der Waals surface area (Å²) in [6.45, 7) is 2.82. The SMILES string of the molecule is NCC1CC2CC(C3COC3)=CC12. The molecule has 2 aliphatic carbocycles. The van der Waals surface area contributed by atoms with Crippen LogP contribution >= 0.6 is 0 Å². The van der Waals surface area contributed by atoms with Gasteiger partial charge in [-0.2, -0.15) is 0 Å². The van der Waals surface area contributed by atoms with Crippen molar-refractivity contribution in [2.75, 3.05) is 19.8 Å². The summed E-state index contributed by atoms with van der Waals surface area (Å²) < 4.78 is 5.23. The molecule has 1 saturated heterocycles. The summed E-state index contributed by atoms with van der Waals surface area (Å²) in [6, 6.07) is 0. The van der Waals surface area contributed by atoms with Crippen LogP contribution in [0.3, 0.4) is 0 Å². The highest BCUT2D eigenvalue weighted by Gasteiger charge is 2.44. The van der Waals surface area contributed by atoms with E-state index in [1.807, 2.05) is 0 Å². The third-order valence-electron chi connectivity index (χ3n) is 4.06. The van der Waals surface area contributed by atoms with Crippen LogP contribution in [-0.4, -0.2) is 19.8 Å². The molecule has 2 N–H and O–H groups in total. The molecule has 2 fully saturated rings. The largest absolute Gasteiger partial charge is 0.380 e. The van der Waals surface area contributed by atoms with E-state index in [2.05, 4.69) is 6.08 Å². The third kappa shape index (κ3) is 1.09. The van der Waals surface area contributed by atoms with Crippen molar-refractivity contribution in [2.24, 2.45) is 29.4 Å².